The van der Waals surface area contributed by atoms with Gasteiger partial charge in [-0.3, -0.25) is 4.98 Å². The van der Waals surface area contributed by atoms with Gasteiger partial charge in [0.05, 0.1) is 11.0 Å². The van der Waals surface area contributed by atoms with E-state index in [-0.39, 0.29) is 0 Å². The Morgan fingerprint density at radius 2 is 1.96 bits per heavy atom. The second kappa shape index (κ2) is 6.36. The van der Waals surface area contributed by atoms with Gasteiger partial charge in [-0.2, -0.15) is 0 Å². The number of nitrogens with zero attached hydrogens (tertiary/aromatic N) is 3. The Morgan fingerprint density at radius 1 is 1.07 bits per heavy atom. The maximum absolute atomic E-state index is 4.59. The topological polar surface area (TPSA) is 21.1 Å². The zero-order chi connectivity index (χ0) is 18.4. The molecular formula is C24H23N3. The van der Waals surface area contributed by atoms with E-state index in [1.807, 2.05) is 12.3 Å². The fourth-order valence-corrected chi connectivity index (χ4v) is 4.15. The van der Waals surface area contributed by atoms with Crippen molar-refractivity contribution >= 4 is 34.1 Å². The van der Waals surface area contributed by atoms with Crippen molar-refractivity contribution in [3.63, 3.8) is 0 Å². The van der Waals surface area contributed by atoms with Crippen molar-refractivity contribution in [2.75, 3.05) is 13.6 Å². The number of benzene rings is 2. The van der Waals surface area contributed by atoms with Gasteiger partial charge in [-0.15, -0.1) is 0 Å². The molecule has 4 aromatic rings. The van der Waals surface area contributed by atoms with Gasteiger partial charge in [-0.05, 0) is 55.4 Å². The summed E-state index contributed by atoms with van der Waals surface area (Å²) in [6.07, 6.45) is 7.43. The van der Waals surface area contributed by atoms with Crippen molar-refractivity contribution in [2.24, 2.45) is 0 Å². The molecule has 0 atom stereocenters. The Bertz CT molecular complexity index is 1180. The van der Waals surface area contributed by atoms with Crippen LogP contribution in [0.4, 0.5) is 0 Å². The van der Waals surface area contributed by atoms with Crippen LogP contribution in [0.1, 0.15) is 22.4 Å². The van der Waals surface area contributed by atoms with Gasteiger partial charge in [0.1, 0.15) is 0 Å². The second-order valence-electron chi connectivity index (χ2n) is 7.58. The van der Waals surface area contributed by atoms with E-state index in [1.165, 1.54) is 33.1 Å². The molecule has 134 valence electrons. The molecular weight excluding hydrogens is 330 g/mol. The van der Waals surface area contributed by atoms with Gasteiger partial charge >= 0.3 is 0 Å². The van der Waals surface area contributed by atoms with Gasteiger partial charge in [0.2, 0.25) is 0 Å². The molecule has 2 aromatic carbocycles. The van der Waals surface area contributed by atoms with E-state index in [2.05, 4.69) is 83.2 Å². The molecule has 0 fully saturated rings. The highest BCUT2D eigenvalue weighted by molar-refractivity contribution is 5.89. The third-order valence-corrected chi connectivity index (χ3v) is 5.56. The van der Waals surface area contributed by atoms with Crippen molar-refractivity contribution in [3.8, 4) is 0 Å². The largest absolute Gasteiger partial charge is 0.320 e. The zero-order valence-corrected chi connectivity index (χ0v) is 15.8. The van der Waals surface area contributed by atoms with Crippen molar-refractivity contribution in [2.45, 2.75) is 19.9 Å². The molecule has 3 heterocycles. The third kappa shape index (κ3) is 2.84. The SMILES string of the molecule is Cc1ccc2c(c1)c1c(n2C=Cc2cnc3ccccc3c2)CCN(C)C1. The predicted molar refractivity (Wildman–Crippen MR) is 114 cm³/mol. The lowest BCUT2D eigenvalue weighted by Gasteiger charge is -2.23. The summed E-state index contributed by atoms with van der Waals surface area (Å²) < 4.78 is 2.38. The number of pyridine rings is 1. The van der Waals surface area contributed by atoms with E-state index in [4.69, 9.17) is 0 Å². The number of fused-ring (bicyclic) bond motifs is 4. The minimum Gasteiger partial charge on any atom is -0.320 e. The van der Waals surface area contributed by atoms with Crippen molar-refractivity contribution in [1.82, 2.24) is 14.5 Å². The van der Waals surface area contributed by atoms with Crippen molar-refractivity contribution in [3.05, 3.63) is 77.1 Å². The highest BCUT2D eigenvalue weighted by atomic mass is 15.1. The Kier molecular flexibility index (Phi) is 3.83. The first kappa shape index (κ1) is 16.3. The van der Waals surface area contributed by atoms with Gasteiger partial charge < -0.3 is 9.47 Å². The van der Waals surface area contributed by atoms with Crippen molar-refractivity contribution in [1.29, 1.82) is 0 Å². The Hall–Kier alpha value is -2.91. The minimum absolute atomic E-state index is 1.02. The monoisotopic (exact) mass is 353 g/mol. The molecule has 3 nitrogen and oxygen atoms in total. The smallest absolute Gasteiger partial charge is 0.0702 e. The second-order valence-corrected chi connectivity index (χ2v) is 7.58. The van der Waals surface area contributed by atoms with E-state index in [1.54, 1.807) is 0 Å². The molecule has 0 unspecified atom stereocenters. The molecule has 1 aliphatic rings. The van der Waals surface area contributed by atoms with E-state index in [9.17, 15) is 0 Å². The fraction of sp³-hybridized carbons (Fsp3) is 0.208. The van der Waals surface area contributed by atoms with E-state index in [0.29, 0.717) is 0 Å². The van der Waals surface area contributed by atoms with Gasteiger partial charge in [0.25, 0.3) is 0 Å². The van der Waals surface area contributed by atoms with Crippen LogP contribution in [-0.2, 0) is 13.0 Å². The Balaban J connectivity index is 1.62. The number of hydrogen-bond acceptors (Lipinski definition) is 2. The summed E-state index contributed by atoms with van der Waals surface area (Å²) in [6.45, 7) is 4.30. The molecule has 0 amide bonds. The standard InChI is InChI=1S/C24H23N3/c1-17-7-8-23-20(13-17)21-16-26(2)11-10-24(21)27(23)12-9-18-14-19-5-3-4-6-22(19)25-15-18/h3-9,12-15H,10-11,16H2,1-2H3. The summed E-state index contributed by atoms with van der Waals surface area (Å²) in [5.41, 5.74) is 7.70. The number of rotatable bonds is 2. The first-order chi connectivity index (χ1) is 13.2. The highest BCUT2D eigenvalue weighted by Gasteiger charge is 2.21. The summed E-state index contributed by atoms with van der Waals surface area (Å²) in [6, 6.07) is 17.3. The van der Waals surface area contributed by atoms with Crippen LogP contribution in [0.15, 0.2) is 54.7 Å². The average Bonchev–Trinajstić information content (AvgIpc) is 2.98. The summed E-state index contributed by atoms with van der Waals surface area (Å²) in [5.74, 6) is 0. The van der Waals surface area contributed by atoms with Crippen LogP contribution in [0.25, 0.3) is 34.1 Å². The van der Waals surface area contributed by atoms with E-state index in [0.717, 1.165) is 30.6 Å². The predicted octanol–water partition coefficient (Wildman–Crippen LogP) is 5.11. The number of hydrogen-bond donors (Lipinski definition) is 0. The molecule has 0 spiro atoms. The number of likely N-dealkylation sites (N-methyl/N-ethyl adjacent to an activating group) is 1. The first-order valence-electron chi connectivity index (χ1n) is 9.53. The van der Waals surface area contributed by atoms with Gasteiger partial charge in [-0.25, -0.2) is 0 Å². The van der Waals surface area contributed by atoms with Crippen LogP contribution in [0.3, 0.4) is 0 Å². The fourth-order valence-electron chi connectivity index (χ4n) is 4.15. The number of para-hydroxylation sites is 1. The molecule has 1 aliphatic heterocycles. The normalized spacial score (nSPS) is 15.0. The number of aryl methyl sites for hydroxylation is 1. The maximum atomic E-state index is 4.59. The molecule has 5 rings (SSSR count). The Morgan fingerprint density at radius 3 is 2.89 bits per heavy atom. The minimum atomic E-state index is 1.02. The van der Waals surface area contributed by atoms with Gasteiger partial charge in [0, 0.05) is 48.4 Å². The van der Waals surface area contributed by atoms with Gasteiger partial charge in [-0.1, -0.05) is 29.8 Å². The lowest BCUT2D eigenvalue weighted by Crippen LogP contribution is -2.26. The van der Waals surface area contributed by atoms with Crippen LogP contribution in [0.2, 0.25) is 0 Å². The van der Waals surface area contributed by atoms with E-state index < -0.39 is 0 Å². The quantitative estimate of drug-likeness (QED) is 0.499. The molecule has 0 saturated heterocycles. The Labute approximate surface area is 159 Å². The zero-order valence-electron chi connectivity index (χ0n) is 15.8. The van der Waals surface area contributed by atoms with Crippen molar-refractivity contribution < 1.29 is 0 Å². The summed E-state index contributed by atoms with van der Waals surface area (Å²) in [4.78, 5) is 6.99. The molecule has 3 heteroatoms. The summed E-state index contributed by atoms with van der Waals surface area (Å²) in [5, 5.41) is 2.56. The average molecular weight is 353 g/mol. The van der Waals surface area contributed by atoms with E-state index >= 15 is 0 Å². The number of aromatic nitrogens is 2. The molecule has 27 heavy (non-hydrogen) atoms. The van der Waals surface area contributed by atoms with Crippen LogP contribution < -0.4 is 0 Å². The van der Waals surface area contributed by atoms with Crippen LogP contribution in [0.5, 0.6) is 0 Å². The maximum Gasteiger partial charge on any atom is 0.0702 e. The van der Waals surface area contributed by atoms with Gasteiger partial charge in [0.15, 0.2) is 0 Å². The molecule has 0 saturated carbocycles. The van der Waals surface area contributed by atoms with Crippen LogP contribution >= 0.6 is 0 Å². The molecule has 0 N–H and O–H groups in total. The summed E-state index contributed by atoms with van der Waals surface area (Å²) >= 11 is 0. The third-order valence-electron chi connectivity index (χ3n) is 5.56. The highest BCUT2D eigenvalue weighted by Crippen LogP contribution is 2.32. The molecule has 2 aromatic heterocycles. The first-order valence-corrected chi connectivity index (χ1v) is 9.53. The molecule has 0 radical (unpaired) electrons. The van der Waals surface area contributed by atoms with Crippen LogP contribution in [-0.4, -0.2) is 28.0 Å². The van der Waals surface area contributed by atoms with Crippen LogP contribution in [0, 0.1) is 6.92 Å². The lowest BCUT2D eigenvalue weighted by molar-refractivity contribution is 0.312. The molecule has 0 aliphatic carbocycles. The lowest BCUT2D eigenvalue weighted by atomic mass is 10.0. The summed E-state index contributed by atoms with van der Waals surface area (Å²) in [7, 11) is 2.21. The molecule has 0 bridgehead atoms.